The molecule has 4 N–H and O–H groups in total. The van der Waals surface area contributed by atoms with Gasteiger partial charge < -0.3 is 21.3 Å². The highest BCUT2D eigenvalue weighted by atomic mass is 79.9. The van der Waals surface area contributed by atoms with E-state index in [0.29, 0.717) is 0 Å². The molecule has 0 radical (unpaired) electrons. The van der Waals surface area contributed by atoms with Crippen molar-refractivity contribution < 1.29 is 0 Å². The van der Waals surface area contributed by atoms with Crippen molar-refractivity contribution in [3.05, 3.63) is 106 Å². The minimum atomic E-state index is 0.738. The molecule has 4 rings (SSSR count). The van der Waals surface area contributed by atoms with E-state index in [4.69, 9.17) is 11.5 Å². The number of hydrogen-bond donors (Lipinski definition) is 2. The molecule has 0 aliphatic carbocycles. The summed E-state index contributed by atoms with van der Waals surface area (Å²) in [6, 6.07) is 15.7. The largest absolute Gasteiger partial charge is 0.399 e. The van der Waals surface area contributed by atoms with Gasteiger partial charge in [0.25, 0.3) is 0 Å². The van der Waals surface area contributed by atoms with Crippen LogP contribution in [0.15, 0.2) is 106 Å². The monoisotopic (exact) mass is 496 g/mol. The lowest BCUT2D eigenvalue weighted by molar-refractivity contribution is 1.09. The fourth-order valence-corrected chi connectivity index (χ4v) is 3.73. The van der Waals surface area contributed by atoms with Crippen LogP contribution in [0.5, 0.6) is 0 Å². The normalized spacial score (nSPS) is 18.9. The van der Waals surface area contributed by atoms with Crippen LogP contribution in [0.4, 0.5) is 22.7 Å². The highest BCUT2D eigenvalue weighted by Gasteiger charge is 2.22. The minimum Gasteiger partial charge on any atom is -0.399 e. The molecule has 0 fully saturated rings. The van der Waals surface area contributed by atoms with Gasteiger partial charge in [0.1, 0.15) is 0 Å². The van der Waals surface area contributed by atoms with Gasteiger partial charge in [0.15, 0.2) is 0 Å². The predicted octanol–water partition coefficient (Wildman–Crippen LogP) is 5.99. The first-order valence-electron chi connectivity index (χ1n) is 8.66. The number of allylic oxidation sites excluding steroid dienone is 6. The third kappa shape index (κ3) is 3.79. The van der Waals surface area contributed by atoms with Crippen LogP contribution in [-0.2, 0) is 0 Å². The molecule has 4 nitrogen and oxygen atoms in total. The molecule has 2 aromatic rings. The molecule has 0 aromatic heterocycles. The summed E-state index contributed by atoms with van der Waals surface area (Å²) in [6.45, 7) is 0. The summed E-state index contributed by atoms with van der Waals surface area (Å²) in [4.78, 5) is 4.28. The van der Waals surface area contributed by atoms with E-state index in [1.54, 1.807) is 0 Å². The van der Waals surface area contributed by atoms with E-state index in [-0.39, 0.29) is 0 Å². The van der Waals surface area contributed by atoms with Gasteiger partial charge in [0.05, 0.1) is 11.4 Å². The molecule has 0 saturated carbocycles. The number of hydrogen-bond acceptors (Lipinski definition) is 4. The van der Waals surface area contributed by atoms with E-state index < -0.39 is 0 Å². The molecular weight excluding hydrogens is 480 g/mol. The molecular formula is C22H18Br2N4. The van der Waals surface area contributed by atoms with Crippen molar-refractivity contribution >= 4 is 54.6 Å². The van der Waals surface area contributed by atoms with Gasteiger partial charge in [-0.05, 0) is 72.8 Å². The van der Waals surface area contributed by atoms with Gasteiger partial charge in [-0.1, -0.05) is 31.9 Å². The maximum Gasteiger partial charge on any atom is 0.0708 e. The Morgan fingerprint density at radius 1 is 0.571 bits per heavy atom. The van der Waals surface area contributed by atoms with E-state index >= 15 is 0 Å². The Morgan fingerprint density at radius 2 is 0.929 bits per heavy atom. The second-order valence-corrected chi connectivity index (χ2v) is 8.21. The van der Waals surface area contributed by atoms with Crippen LogP contribution in [0.1, 0.15) is 0 Å². The number of nitrogen functional groups attached to an aromatic ring is 2. The van der Waals surface area contributed by atoms with Gasteiger partial charge in [-0.2, -0.15) is 0 Å². The van der Waals surface area contributed by atoms with Gasteiger partial charge in [-0.3, -0.25) is 0 Å². The second-order valence-electron chi connectivity index (χ2n) is 6.38. The molecule has 0 spiro atoms. The summed E-state index contributed by atoms with van der Waals surface area (Å²) in [5, 5.41) is 0. The van der Waals surface area contributed by atoms with E-state index in [9.17, 15) is 0 Å². The molecule has 0 unspecified atom stereocenters. The maximum absolute atomic E-state index is 5.87. The quantitative estimate of drug-likeness (QED) is 0.500. The van der Waals surface area contributed by atoms with Crippen LogP contribution in [0.3, 0.4) is 0 Å². The Kier molecular flexibility index (Phi) is 5.15. The van der Waals surface area contributed by atoms with Crippen molar-refractivity contribution in [3.63, 3.8) is 0 Å². The average molecular weight is 498 g/mol. The molecule has 0 bridgehead atoms. The smallest absolute Gasteiger partial charge is 0.0708 e. The lowest BCUT2D eigenvalue weighted by Gasteiger charge is -2.32. The molecule has 0 saturated heterocycles. The van der Waals surface area contributed by atoms with Crippen LogP contribution in [0.25, 0.3) is 0 Å². The van der Waals surface area contributed by atoms with Crippen LogP contribution < -0.4 is 21.3 Å². The summed E-state index contributed by atoms with van der Waals surface area (Å²) in [5.74, 6) is 0. The zero-order chi connectivity index (χ0) is 19.7. The molecule has 0 atom stereocenters. The molecule has 28 heavy (non-hydrogen) atoms. The highest BCUT2D eigenvalue weighted by Crippen LogP contribution is 2.35. The number of nitrogens with zero attached hydrogens (tertiary/aromatic N) is 2. The molecule has 0 amide bonds. The Morgan fingerprint density at radius 3 is 1.29 bits per heavy atom. The molecule has 2 aliphatic rings. The topological polar surface area (TPSA) is 58.5 Å². The third-order valence-electron chi connectivity index (χ3n) is 4.44. The second kappa shape index (κ2) is 7.73. The molecule has 2 aliphatic heterocycles. The first-order chi connectivity index (χ1) is 13.5. The number of rotatable bonds is 2. The van der Waals surface area contributed by atoms with Crippen molar-refractivity contribution in [1.82, 2.24) is 0 Å². The van der Waals surface area contributed by atoms with E-state index in [1.165, 1.54) is 0 Å². The highest BCUT2D eigenvalue weighted by molar-refractivity contribution is 9.12. The number of nitrogens with two attached hydrogens (primary N) is 2. The molecule has 140 valence electrons. The van der Waals surface area contributed by atoms with Gasteiger partial charge in [-0.15, -0.1) is 0 Å². The summed E-state index contributed by atoms with van der Waals surface area (Å²) in [7, 11) is 0. The van der Waals surface area contributed by atoms with Gasteiger partial charge in [0.2, 0.25) is 0 Å². The predicted molar refractivity (Wildman–Crippen MR) is 126 cm³/mol. The Balaban J connectivity index is 1.87. The van der Waals surface area contributed by atoms with Crippen molar-refractivity contribution in [2.24, 2.45) is 0 Å². The Labute approximate surface area is 181 Å². The summed E-state index contributed by atoms with van der Waals surface area (Å²) >= 11 is 7.23. The molecule has 2 heterocycles. The average Bonchev–Trinajstić information content (AvgIpc) is 2.69. The number of anilines is 4. The van der Waals surface area contributed by atoms with E-state index in [1.807, 2.05) is 73.1 Å². The van der Waals surface area contributed by atoms with Crippen LogP contribution >= 0.6 is 31.9 Å². The lowest BCUT2D eigenvalue weighted by atomic mass is 10.1. The van der Waals surface area contributed by atoms with Crippen molar-refractivity contribution in [3.8, 4) is 0 Å². The maximum atomic E-state index is 5.87. The van der Waals surface area contributed by atoms with Gasteiger partial charge >= 0.3 is 0 Å². The molecule has 6 heteroatoms. The molecule has 2 aromatic carbocycles. The first kappa shape index (κ1) is 18.7. The number of halogens is 2. The SMILES string of the molecule is Nc1ccc(N2C=CC(Br)=CC2=C2C=C(Br)C=CN2c2ccc(N)cc2)cc1. The Bertz CT molecular complexity index is 959. The lowest BCUT2D eigenvalue weighted by Crippen LogP contribution is -2.25. The fourth-order valence-electron chi connectivity index (χ4n) is 3.06. The standard InChI is InChI=1S/C22H18Br2N4/c23-15-9-11-27(19-5-1-17(25)2-6-19)21(13-15)22-14-16(24)10-12-28(22)20-7-3-18(26)4-8-20/h1-14H,25-26H2. The zero-order valence-corrected chi connectivity index (χ0v) is 18.1. The van der Waals surface area contributed by atoms with Crippen LogP contribution in [0, 0.1) is 0 Å². The van der Waals surface area contributed by atoms with Crippen molar-refractivity contribution in [2.75, 3.05) is 21.3 Å². The van der Waals surface area contributed by atoms with Gasteiger partial charge in [0, 0.05) is 44.1 Å². The van der Waals surface area contributed by atoms with Crippen LogP contribution in [-0.4, -0.2) is 0 Å². The van der Waals surface area contributed by atoms with Crippen LogP contribution in [0.2, 0.25) is 0 Å². The number of benzene rings is 2. The van der Waals surface area contributed by atoms with Crippen molar-refractivity contribution in [1.29, 1.82) is 0 Å². The fraction of sp³-hybridized carbons (Fsp3) is 0. The van der Waals surface area contributed by atoms with Gasteiger partial charge in [-0.25, -0.2) is 0 Å². The van der Waals surface area contributed by atoms with E-state index in [2.05, 4.69) is 53.8 Å². The minimum absolute atomic E-state index is 0.738. The van der Waals surface area contributed by atoms with Crippen molar-refractivity contribution in [2.45, 2.75) is 0 Å². The van der Waals surface area contributed by atoms with E-state index in [0.717, 1.165) is 43.1 Å². The summed E-state index contributed by atoms with van der Waals surface area (Å²) in [6.07, 6.45) is 12.3. The zero-order valence-electron chi connectivity index (χ0n) is 14.9. The first-order valence-corrected chi connectivity index (χ1v) is 10.2. The summed E-state index contributed by atoms with van der Waals surface area (Å²) in [5.41, 5.74) is 17.3. The third-order valence-corrected chi connectivity index (χ3v) is 5.43. The summed E-state index contributed by atoms with van der Waals surface area (Å²) < 4.78 is 2.00. The Hall–Kier alpha value is -2.70.